The van der Waals surface area contributed by atoms with E-state index >= 15 is 0 Å². The maximum Gasteiger partial charge on any atom is 0.0786 e. The minimum atomic E-state index is 1.36. The van der Waals surface area contributed by atoms with Crippen LogP contribution < -0.4 is 0 Å². The summed E-state index contributed by atoms with van der Waals surface area (Å²) in [5.41, 5.74) is 0. The molecular weight excluding hydrogens is 542 g/mol. The van der Waals surface area contributed by atoms with Crippen molar-refractivity contribution in [2.45, 2.75) is 259 Å². The smallest absolute Gasteiger partial charge is 0.0786 e. The zero-order valence-corrected chi connectivity index (χ0v) is 32.7. The molecule has 45 heavy (non-hydrogen) atoms. The summed E-state index contributed by atoms with van der Waals surface area (Å²) in [5, 5.41) is 0. The number of nitrogens with zero attached hydrogens (tertiary/aromatic N) is 1. The number of unbranched alkanes of at least 4 members (excludes halogenated alkanes) is 32. The molecule has 0 atom stereocenters. The van der Waals surface area contributed by atoms with Crippen molar-refractivity contribution < 1.29 is 4.48 Å². The quantitative estimate of drug-likeness (QED) is 0.0465. The summed E-state index contributed by atoms with van der Waals surface area (Å²) in [6.07, 6.45) is 52.8. The fraction of sp³-hybridized carbons (Fsp3) is 1.00. The van der Waals surface area contributed by atoms with Crippen molar-refractivity contribution in [1.82, 2.24) is 0 Å². The molecule has 0 fully saturated rings. The van der Waals surface area contributed by atoms with Crippen LogP contribution in [0.5, 0.6) is 0 Å². The molecule has 0 saturated carbocycles. The second-order valence-electron chi connectivity index (χ2n) is 15.5. The first kappa shape index (κ1) is 45.0. The van der Waals surface area contributed by atoms with E-state index < -0.39 is 0 Å². The van der Waals surface area contributed by atoms with Crippen LogP contribution in [0.15, 0.2) is 0 Å². The Morgan fingerprint density at radius 1 is 0.178 bits per heavy atom. The lowest BCUT2D eigenvalue weighted by Gasteiger charge is -2.39. The first-order valence-corrected chi connectivity index (χ1v) is 22.1. The SMILES string of the molecule is CCCCCCCCCCCCCCCCCCC[N+](CCC)(CCC)CCCCCCCCCCCCCCCCCCC. The first-order chi connectivity index (χ1) is 22.2. The van der Waals surface area contributed by atoms with Gasteiger partial charge in [0.2, 0.25) is 0 Å². The molecule has 0 radical (unpaired) electrons. The van der Waals surface area contributed by atoms with Crippen molar-refractivity contribution in [3.63, 3.8) is 0 Å². The third-order valence-electron chi connectivity index (χ3n) is 10.9. The van der Waals surface area contributed by atoms with Gasteiger partial charge in [-0.1, -0.05) is 220 Å². The third-order valence-corrected chi connectivity index (χ3v) is 10.9. The lowest BCUT2D eigenvalue weighted by Crippen LogP contribution is -2.50. The number of hydrogen-bond donors (Lipinski definition) is 0. The average Bonchev–Trinajstić information content (AvgIpc) is 3.04. The largest absolute Gasteiger partial charge is 0.324 e. The van der Waals surface area contributed by atoms with E-state index in [4.69, 9.17) is 0 Å². The molecule has 0 spiro atoms. The minimum absolute atomic E-state index is 1.36. The van der Waals surface area contributed by atoms with Crippen LogP contribution in [0, 0.1) is 0 Å². The molecule has 0 N–H and O–H groups in total. The van der Waals surface area contributed by atoms with E-state index in [1.807, 2.05) is 0 Å². The lowest BCUT2D eigenvalue weighted by molar-refractivity contribution is -0.928. The van der Waals surface area contributed by atoms with Gasteiger partial charge in [-0.25, -0.2) is 0 Å². The minimum Gasteiger partial charge on any atom is -0.324 e. The number of hydrogen-bond acceptors (Lipinski definition) is 0. The van der Waals surface area contributed by atoms with Gasteiger partial charge in [0.05, 0.1) is 26.2 Å². The van der Waals surface area contributed by atoms with Gasteiger partial charge in [-0.15, -0.1) is 0 Å². The van der Waals surface area contributed by atoms with E-state index in [1.54, 1.807) is 0 Å². The van der Waals surface area contributed by atoms with Gasteiger partial charge in [0, 0.05) is 0 Å². The predicted molar refractivity (Wildman–Crippen MR) is 209 cm³/mol. The van der Waals surface area contributed by atoms with Crippen molar-refractivity contribution in [3.8, 4) is 0 Å². The highest BCUT2D eigenvalue weighted by Crippen LogP contribution is 2.19. The summed E-state index contributed by atoms with van der Waals surface area (Å²) < 4.78 is 1.44. The molecule has 0 aliphatic carbocycles. The fourth-order valence-electron chi connectivity index (χ4n) is 7.96. The zero-order valence-electron chi connectivity index (χ0n) is 32.7. The molecule has 0 bridgehead atoms. The summed E-state index contributed by atoms with van der Waals surface area (Å²) >= 11 is 0. The maximum absolute atomic E-state index is 2.42. The van der Waals surface area contributed by atoms with Gasteiger partial charge < -0.3 is 4.48 Å². The molecule has 1 heteroatoms. The van der Waals surface area contributed by atoms with E-state index in [0.29, 0.717) is 0 Å². The average molecular weight is 635 g/mol. The second-order valence-corrected chi connectivity index (χ2v) is 15.5. The Morgan fingerprint density at radius 2 is 0.356 bits per heavy atom. The first-order valence-electron chi connectivity index (χ1n) is 22.1. The third kappa shape index (κ3) is 33.6. The molecule has 0 aliphatic rings. The van der Waals surface area contributed by atoms with Crippen LogP contribution in [-0.4, -0.2) is 30.7 Å². The molecule has 0 unspecified atom stereocenters. The highest BCUT2D eigenvalue weighted by Gasteiger charge is 2.24. The molecule has 0 aliphatic heterocycles. The van der Waals surface area contributed by atoms with Crippen LogP contribution in [0.1, 0.15) is 259 Å². The molecule has 272 valence electrons. The van der Waals surface area contributed by atoms with Gasteiger partial charge in [0.15, 0.2) is 0 Å². The van der Waals surface area contributed by atoms with Gasteiger partial charge >= 0.3 is 0 Å². The second kappa shape index (κ2) is 38.4. The predicted octanol–water partition coefficient (Wildman–Crippen LogP) is 15.9. The fourth-order valence-corrected chi connectivity index (χ4v) is 7.96. The Balaban J connectivity index is 3.70. The molecule has 1 nitrogen and oxygen atoms in total. The molecule has 0 aromatic heterocycles. The highest BCUT2D eigenvalue weighted by atomic mass is 15.3. The normalized spacial score (nSPS) is 12.0. The van der Waals surface area contributed by atoms with E-state index in [1.165, 1.54) is 262 Å². The molecule has 0 aromatic carbocycles. The number of rotatable bonds is 40. The topological polar surface area (TPSA) is 0 Å². The van der Waals surface area contributed by atoms with Crippen LogP contribution in [0.4, 0.5) is 0 Å². The van der Waals surface area contributed by atoms with Crippen molar-refractivity contribution in [1.29, 1.82) is 0 Å². The van der Waals surface area contributed by atoms with Crippen molar-refractivity contribution in [2.75, 3.05) is 26.2 Å². The van der Waals surface area contributed by atoms with Crippen molar-refractivity contribution >= 4 is 0 Å². The Bertz CT molecular complexity index is 467. The summed E-state index contributed by atoms with van der Waals surface area (Å²) in [6, 6.07) is 0. The molecule has 0 amide bonds. The van der Waals surface area contributed by atoms with Crippen LogP contribution in [0.2, 0.25) is 0 Å². The molecule has 0 aromatic rings. The highest BCUT2D eigenvalue weighted by molar-refractivity contribution is 4.54. The monoisotopic (exact) mass is 635 g/mol. The van der Waals surface area contributed by atoms with Crippen molar-refractivity contribution in [2.24, 2.45) is 0 Å². The number of quaternary nitrogens is 1. The molecule has 0 saturated heterocycles. The lowest BCUT2D eigenvalue weighted by atomic mass is 10.0. The van der Waals surface area contributed by atoms with Gasteiger partial charge in [-0.3, -0.25) is 0 Å². The van der Waals surface area contributed by atoms with Gasteiger partial charge in [-0.2, -0.15) is 0 Å². The molecular formula is C44H92N+. The van der Waals surface area contributed by atoms with Gasteiger partial charge in [0.1, 0.15) is 0 Å². The Morgan fingerprint density at radius 3 is 0.533 bits per heavy atom. The molecule has 0 heterocycles. The standard InChI is InChI=1S/C44H92N/c1-5-9-11-13-15-17-19-21-23-25-27-29-31-33-35-37-39-43-45(41-7-3,42-8-4)44-40-38-36-34-32-30-28-26-24-22-20-18-16-14-12-10-6-2/h5-44H2,1-4H3/q+1. The van der Waals surface area contributed by atoms with E-state index in [2.05, 4.69) is 27.7 Å². The van der Waals surface area contributed by atoms with Crippen LogP contribution in [0.25, 0.3) is 0 Å². The Hall–Kier alpha value is -0.0400. The van der Waals surface area contributed by atoms with Crippen molar-refractivity contribution in [3.05, 3.63) is 0 Å². The molecule has 0 rings (SSSR count). The summed E-state index contributed by atoms with van der Waals surface area (Å²) in [4.78, 5) is 0. The van der Waals surface area contributed by atoms with E-state index in [-0.39, 0.29) is 0 Å². The zero-order chi connectivity index (χ0) is 32.8. The summed E-state index contributed by atoms with van der Waals surface area (Å²) in [7, 11) is 0. The summed E-state index contributed by atoms with van der Waals surface area (Å²) in [5.74, 6) is 0. The van der Waals surface area contributed by atoms with E-state index in [9.17, 15) is 0 Å². The summed E-state index contributed by atoms with van der Waals surface area (Å²) in [6.45, 7) is 15.2. The maximum atomic E-state index is 2.42. The Kier molecular flexibility index (Phi) is 38.4. The van der Waals surface area contributed by atoms with Crippen LogP contribution in [-0.2, 0) is 0 Å². The van der Waals surface area contributed by atoms with Crippen LogP contribution in [0.3, 0.4) is 0 Å². The van der Waals surface area contributed by atoms with Gasteiger partial charge in [-0.05, 0) is 38.5 Å². The Labute approximate surface area is 288 Å². The van der Waals surface area contributed by atoms with E-state index in [0.717, 1.165) is 0 Å². The van der Waals surface area contributed by atoms with Crippen LogP contribution >= 0.6 is 0 Å². The van der Waals surface area contributed by atoms with Gasteiger partial charge in [0.25, 0.3) is 0 Å².